The number of anilines is 1. The van der Waals surface area contributed by atoms with Crippen molar-refractivity contribution in [1.29, 1.82) is 0 Å². The predicted molar refractivity (Wildman–Crippen MR) is 101 cm³/mol. The normalized spacial score (nSPS) is 24.4. The number of amides is 1. The summed E-state index contributed by atoms with van der Waals surface area (Å²) in [5.41, 5.74) is 5.04. The summed E-state index contributed by atoms with van der Waals surface area (Å²) in [6, 6.07) is 9.69. The minimum atomic E-state index is 0.00911. The van der Waals surface area contributed by atoms with Crippen LogP contribution in [0.1, 0.15) is 45.4 Å². The molecule has 4 heteroatoms. The van der Waals surface area contributed by atoms with Gasteiger partial charge in [-0.05, 0) is 69.2 Å². The lowest BCUT2D eigenvalue weighted by Crippen LogP contribution is -2.30. The van der Waals surface area contributed by atoms with Crippen molar-refractivity contribution < 1.29 is 4.79 Å². The Bertz CT molecular complexity index is 755. The zero-order valence-corrected chi connectivity index (χ0v) is 14.9. The van der Waals surface area contributed by atoms with Crippen LogP contribution in [0.2, 0.25) is 0 Å². The Hall–Kier alpha value is -2.36. The SMILES string of the molecule is CC1=NN(c2ccccc2)C(=O)/C1=C1\C=C(N2CCCCC2)CCC1. The maximum absolute atomic E-state index is 13.0. The first-order valence-electron chi connectivity index (χ1n) is 9.38. The van der Waals surface area contributed by atoms with Crippen molar-refractivity contribution in [1.82, 2.24) is 4.90 Å². The summed E-state index contributed by atoms with van der Waals surface area (Å²) < 4.78 is 0. The van der Waals surface area contributed by atoms with E-state index in [4.69, 9.17) is 0 Å². The monoisotopic (exact) mass is 335 g/mol. The highest BCUT2D eigenvalue weighted by Crippen LogP contribution is 2.32. The predicted octanol–water partition coefficient (Wildman–Crippen LogP) is 4.26. The number of rotatable bonds is 2. The molecule has 1 aromatic carbocycles. The summed E-state index contributed by atoms with van der Waals surface area (Å²) in [7, 11) is 0. The molecule has 1 fully saturated rings. The van der Waals surface area contributed by atoms with Gasteiger partial charge in [0.25, 0.3) is 5.91 Å². The minimum absolute atomic E-state index is 0.00911. The molecule has 0 N–H and O–H groups in total. The van der Waals surface area contributed by atoms with Crippen molar-refractivity contribution in [2.45, 2.75) is 45.4 Å². The van der Waals surface area contributed by atoms with Crippen molar-refractivity contribution in [3.63, 3.8) is 0 Å². The van der Waals surface area contributed by atoms with Crippen LogP contribution in [0.15, 0.2) is 58.4 Å². The Balaban J connectivity index is 1.65. The average Bonchev–Trinajstić information content (AvgIpc) is 2.97. The molecule has 0 atom stereocenters. The van der Waals surface area contributed by atoms with Crippen LogP contribution in [0.25, 0.3) is 0 Å². The van der Waals surface area contributed by atoms with Gasteiger partial charge in [-0.3, -0.25) is 4.79 Å². The second-order valence-corrected chi connectivity index (χ2v) is 7.08. The van der Waals surface area contributed by atoms with Gasteiger partial charge >= 0.3 is 0 Å². The summed E-state index contributed by atoms with van der Waals surface area (Å²) in [5, 5.41) is 6.08. The van der Waals surface area contributed by atoms with Crippen molar-refractivity contribution in [3.8, 4) is 0 Å². The first kappa shape index (κ1) is 16.1. The Labute approximate surface area is 149 Å². The molecule has 1 amide bonds. The van der Waals surface area contributed by atoms with Gasteiger partial charge in [-0.1, -0.05) is 18.2 Å². The molecule has 25 heavy (non-hydrogen) atoms. The molecule has 0 unspecified atom stereocenters. The van der Waals surface area contributed by atoms with Gasteiger partial charge in [-0.2, -0.15) is 10.1 Å². The molecule has 0 spiro atoms. The Morgan fingerprint density at radius 1 is 0.960 bits per heavy atom. The first-order chi connectivity index (χ1) is 12.2. The van der Waals surface area contributed by atoms with Crippen LogP contribution in [0.3, 0.4) is 0 Å². The van der Waals surface area contributed by atoms with Crippen molar-refractivity contribution in [2.75, 3.05) is 18.1 Å². The molecule has 4 rings (SSSR count). The van der Waals surface area contributed by atoms with Crippen LogP contribution < -0.4 is 5.01 Å². The van der Waals surface area contributed by atoms with E-state index in [1.54, 1.807) is 5.01 Å². The number of carbonyl (C=O) groups is 1. The lowest BCUT2D eigenvalue weighted by atomic mass is 9.92. The van der Waals surface area contributed by atoms with E-state index >= 15 is 0 Å². The minimum Gasteiger partial charge on any atom is -0.375 e. The van der Waals surface area contributed by atoms with Crippen molar-refractivity contribution in [3.05, 3.63) is 53.3 Å². The van der Waals surface area contributed by atoms with Crippen LogP contribution in [0.5, 0.6) is 0 Å². The van der Waals surface area contributed by atoms with Crippen molar-refractivity contribution in [2.24, 2.45) is 5.10 Å². The number of hydrazone groups is 1. The average molecular weight is 335 g/mol. The Morgan fingerprint density at radius 2 is 1.72 bits per heavy atom. The summed E-state index contributed by atoms with van der Waals surface area (Å²) in [5.74, 6) is 0.00911. The first-order valence-corrected chi connectivity index (χ1v) is 9.38. The van der Waals surface area contributed by atoms with Gasteiger partial charge in [-0.25, -0.2) is 0 Å². The number of hydrogen-bond acceptors (Lipinski definition) is 3. The number of allylic oxidation sites excluding steroid dienone is 3. The van der Waals surface area contributed by atoms with Gasteiger partial charge in [0.05, 0.1) is 17.0 Å². The van der Waals surface area contributed by atoms with Gasteiger partial charge < -0.3 is 4.90 Å². The lowest BCUT2D eigenvalue weighted by molar-refractivity contribution is -0.114. The van der Waals surface area contributed by atoms with Crippen LogP contribution >= 0.6 is 0 Å². The highest BCUT2D eigenvalue weighted by molar-refractivity contribution is 6.30. The zero-order valence-electron chi connectivity index (χ0n) is 14.9. The van der Waals surface area contributed by atoms with Gasteiger partial charge in [0, 0.05) is 18.8 Å². The summed E-state index contributed by atoms with van der Waals surface area (Å²) in [6.07, 6.45) is 9.39. The Morgan fingerprint density at radius 3 is 2.48 bits per heavy atom. The van der Waals surface area contributed by atoms with Gasteiger partial charge in [0.1, 0.15) is 0 Å². The van der Waals surface area contributed by atoms with Crippen LogP contribution in [-0.4, -0.2) is 29.6 Å². The largest absolute Gasteiger partial charge is 0.375 e. The highest BCUT2D eigenvalue weighted by Gasteiger charge is 2.31. The fraction of sp³-hybridized carbons (Fsp3) is 0.429. The molecule has 0 saturated carbocycles. The molecule has 1 saturated heterocycles. The van der Waals surface area contributed by atoms with Gasteiger partial charge in [0.2, 0.25) is 0 Å². The lowest BCUT2D eigenvalue weighted by Gasteiger charge is -2.33. The van der Waals surface area contributed by atoms with E-state index in [-0.39, 0.29) is 5.91 Å². The number of nitrogens with zero attached hydrogens (tertiary/aromatic N) is 3. The quantitative estimate of drug-likeness (QED) is 0.757. The number of likely N-dealkylation sites (tertiary alicyclic amines) is 1. The number of para-hydroxylation sites is 1. The third kappa shape index (κ3) is 3.13. The molecule has 0 bridgehead atoms. The van der Waals surface area contributed by atoms with E-state index in [0.717, 1.165) is 54.9 Å². The molecule has 0 aromatic heterocycles. The molecule has 2 aliphatic heterocycles. The van der Waals surface area contributed by atoms with E-state index in [1.807, 2.05) is 37.3 Å². The number of carbonyl (C=O) groups excluding carboxylic acids is 1. The second kappa shape index (κ2) is 6.87. The second-order valence-electron chi connectivity index (χ2n) is 7.08. The smallest absolute Gasteiger partial charge is 0.280 e. The molecule has 2 heterocycles. The maximum Gasteiger partial charge on any atom is 0.280 e. The molecule has 4 nitrogen and oxygen atoms in total. The van der Waals surface area contributed by atoms with E-state index in [0.29, 0.717) is 0 Å². The van der Waals surface area contributed by atoms with E-state index < -0.39 is 0 Å². The molecule has 0 radical (unpaired) electrons. The molecule has 1 aromatic rings. The van der Waals surface area contributed by atoms with Crippen molar-refractivity contribution >= 4 is 17.3 Å². The number of benzene rings is 1. The van der Waals surface area contributed by atoms with E-state index in [1.165, 1.54) is 25.0 Å². The molecule has 3 aliphatic rings. The molecule has 1 aliphatic carbocycles. The topological polar surface area (TPSA) is 35.9 Å². The van der Waals surface area contributed by atoms with Crippen LogP contribution in [0.4, 0.5) is 5.69 Å². The fourth-order valence-electron chi connectivity index (χ4n) is 4.05. The summed E-state index contributed by atoms with van der Waals surface area (Å²) in [4.78, 5) is 15.5. The third-order valence-corrected chi connectivity index (χ3v) is 5.32. The maximum atomic E-state index is 13.0. The standard InChI is InChI=1S/C21H25N3O/c1-16-20(21(25)24(22-16)18-10-4-2-5-11-18)17-9-8-12-19(15-17)23-13-6-3-7-14-23/h2,4-5,10-11,15H,3,6-9,12-14H2,1H3/b20-17-. The Kier molecular flexibility index (Phi) is 4.43. The number of hydrogen-bond donors (Lipinski definition) is 0. The van der Waals surface area contributed by atoms with E-state index in [9.17, 15) is 4.79 Å². The van der Waals surface area contributed by atoms with Crippen LogP contribution in [0, 0.1) is 0 Å². The van der Waals surface area contributed by atoms with Gasteiger partial charge in [-0.15, -0.1) is 0 Å². The zero-order chi connectivity index (χ0) is 17.2. The molecule has 130 valence electrons. The summed E-state index contributed by atoms with van der Waals surface area (Å²) >= 11 is 0. The summed E-state index contributed by atoms with van der Waals surface area (Å²) in [6.45, 7) is 4.27. The van der Waals surface area contributed by atoms with E-state index in [2.05, 4.69) is 16.1 Å². The number of piperidine rings is 1. The fourth-order valence-corrected chi connectivity index (χ4v) is 4.05. The molecular weight excluding hydrogens is 310 g/mol. The third-order valence-electron chi connectivity index (χ3n) is 5.32. The highest BCUT2D eigenvalue weighted by atomic mass is 16.2. The van der Waals surface area contributed by atoms with Gasteiger partial charge in [0.15, 0.2) is 0 Å². The molecular formula is C21H25N3O. The van der Waals surface area contributed by atoms with Crippen LogP contribution in [-0.2, 0) is 4.79 Å².